The maximum Gasteiger partial charge on any atom is 0.0970 e. The molecule has 43 heavy (non-hydrogen) atoms. The average molecular weight is 550 g/mol. The molecule has 0 aliphatic rings. The molecule has 0 saturated heterocycles. The molecule has 0 N–H and O–H groups in total. The highest BCUT2D eigenvalue weighted by atomic mass is 15.0. The van der Waals surface area contributed by atoms with E-state index >= 15 is 0 Å². The average Bonchev–Trinajstić information content (AvgIpc) is 3.42. The number of aromatic nitrogens is 5. The van der Waals surface area contributed by atoms with Crippen molar-refractivity contribution in [3.63, 3.8) is 0 Å². The van der Waals surface area contributed by atoms with Gasteiger partial charge in [0.1, 0.15) is 0 Å². The molecule has 0 saturated carbocycles. The highest BCUT2D eigenvalue weighted by Crippen LogP contribution is 2.39. The molecule has 0 amide bonds. The Morgan fingerprint density at radius 3 is 2.16 bits per heavy atom. The fourth-order valence-electron chi connectivity index (χ4n) is 6.45. The summed E-state index contributed by atoms with van der Waals surface area (Å²) in [4.78, 5) is 18.7. The van der Waals surface area contributed by atoms with Crippen LogP contribution in [0, 0.1) is 0 Å². The minimum Gasteiger partial charge on any atom is -0.308 e. The van der Waals surface area contributed by atoms with Gasteiger partial charge in [-0.25, -0.2) is 0 Å². The first-order chi connectivity index (χ1) is 21.3. The second-order valence-corrected chi connectivity index (χ2v) is 10.8. The number of hydrogen-bond donors (Lipinski definition) is 0. The van der Waals surface area contributed by atoms with Crippen LogP contribution in [0.3, 0.4) is 0 Å². The number of hydrogen-bond acceptors (Lipinski definition) is 4. The lowest BCUT2D eigenvalue weighted by Crippen LogP contribution is -1.94. The third-order valence-electron chi connectivity index (χ3n) is 8.39. The van der Waals surface area contributed by atoms with Gasteiger partial charge in [-0.3, -0.25) is 19.9 Å². The largest absolute Gasteiger partial charge is 0.308 e. The van der Waals surface area contributed by atoms with E-state index in [0.717, 1.165) is 60.9 Å². The number of nitrogens with zero attached hydrogens (tertiary/aromatic N) is 5. The Kier molecular flexibility index (Phi) is 5.13. The number of rotatable bonds is 3. The van der Waals surface area contributed by atoms with E-state index in [1.165, 1.54) is 21.5 Å². The molecule has 5 heterocycles. The number of benzene rings is 4. The first-order valence-electron chi connectivity index (χ1n) is 14.3. The molecule has 0 unspecified atom stereocenters. The van der Waals surface area contributed by atoms with Crippen LogP contribution in [0.4, 0.5) is 0 Å². The molecule has 200 valence electrons. The molecule has 9 rings (SSSR count). The topological polar surface area (TPSA) is 56.5 Å². The van der Waals surface area contributed by atoms with Gasteiger partial charge in [0.15, 0.2) is 0 Å². The predicted octanol–water partition coefficient (Wildman–Crippen LogP) is 9.16. The van der Waals surface area contributed by atoms with Crippen LogP contribution in [-0.4, -0.2) is 24.5 Å². The van der Waals surface area contributed by atoms with E-state index in [9.17, 15) is 0 Å². The highest BCUT2D eigenvalue weighted by Gasteiger charge is 2.16. The zero-order valence-electron chi connectivity index (χ0n) is 23.0. The van der Waals surface area contributed by atoms with E-state index in [4.69, 9.17) is 4.98 Å². The molecule has 0 aliphatic carbocycles. The zero-order chi connectivity index (χ0) is 28.3. The third-order valence-corrected chi connectivity index (χ3v) is 8.39. The van der Waals surface area contributed by atoms with E-state index in [1.807, 2.05) is 49.2 Å². The van der Waals surface area contributed by atoms with Crippen molar-refractivity contribution in [2.45, 2.75) is 0 Å². The Morgan fingerprint density at radius 2 is 1.28 bits per heavy atom. The molecule has 0 atom stereocenters. The van der Waals surface area contributed by atoms with Crippen LogP contribution >= 0.6 is 0 Å². The summed E-state index contributed by atoms with van der Waals surface area (Å²) >= 11 is 0. The first kappa shape index (κ1) is 23.7. The van der Waals surface area contributed by atoms with Gasteiger partial charge in [0, 0.05) is 57.5 Å². The standard InChI is InChI=1S/C38H23N5/c1-2-9-29-24(6-1)12-16-35-36(29)32-20-25(13-15-34(32)43(35)28-8-4-17-39-23-28)33-14-11-27(22-42-33)31-21-26-7-3-18-40-37(26)38-30(31)10-5-19-41-38/h1-23H. The van der Waals surface area contributed by atoms with Crippen molar-refractivity contribution < 1.29 is 0 Å². The van der Waals surface area contributed by atoms with Crippen LogP contribution in [0.5, 0.6) is 0 Å². The van der Waals surface area contributed by atoms with Gasteiger partial charge >= 0.3 is 0 Å². The van der Waals surface area contributed by atoms with E-state index in [-0.39, 0.29) is 0 Å². The molecular formula is C38H23N5. The Morgan fingerprint density at radius 1 is 0.488 bits per heavy atom. The van der Waals surface area contributed by atoms with Crippen molar-refractivity contribution >= 4 is 54.4 Å². The summed E-state index contributed by atoms with van der Waals surface area (Å²) in [5.41, 5.74) is 9.32. The van der Waals surface area contributed by atoms with Crippen LogP contribution in [0.2, 0.25) is 0 Å². The molecule has 0 aliphatic heterocycles. The summed E-state index contributed by atoms with van der Waals surface area (Å²) in [5, 5.41) is 7.02. The van der Waals surface area contributed by atoms with Crippen LogP contribution in [0.1, 0.15) is 0 Å². The van der Waals surface area contributed by atoms with Crippen LogP contribution in [-0.2, 0) is 0 Å². The van der Waals surface area contributed by atoms with Crippen molar-refractivity contribution in [3.05, 3.63) is 140 Å². The minimum atomic E-state index is 0.905. The van der Waals surface area contributed by atoms with Crippen molar-refractivity contribution in [1.29, 1.82) is 0 Å². The van der Waals surface area contributed by atoms with Crippen LogP contribution in [0.15, 0.2) is 140 Å². The molecule has 0 spiro atoms. The van der Waals surface area contributed by atoms with Gasteiger partial charge in [0.05, 0.1) is 39.6 Å². The summed E-state index contributed by atoms with van der Waals surface area (Å²) in [6.07, 6.45) is 9.35. The molecule has 0 bridgehead atoms. The monoisotopic (exact) mass is 549 g/mol. The summed E-state index contributed by atoms with van der Waals surface area (Å²) < 4.78 is 2.30. The Balaban J connectivity index is 1.23. The van der Waals surface area contributed by atoms with Crippen molar-refractivity contribution in [2.75, 3.05) is 0 Å². The van der Waals surface area contributed by atoms with Crippen molar-refractivity contribution in [3.8, 4) is 28.1 Å². The fourth-order valence-corrected chi connectivity index (χ4v) is 6.45. The first-order valence-corrected chi connectivity index (χ1v) is 14.3. The molecule has 5 heteroatoms. The Hall–Kier alpha value is -5.94. The minimum absolute atomic E-state index is 0.905. The van der Waals surface area contributed by atoms with Crippen LogP contribution < -0.4 is 0 Å². The van der Waals surface area contributed by atoms with Crippen molar-refractivity contribution in [1.82, 2.24) is 24.5 Å². The molecular weight excluding hydrogens is 526 g/mol. The molecule has 0 radical (unpaired) electrons. The van der Waals surface area contributed by atoms with Gasteiger partial charge in [-0.05, 0) is 70.9 Å². The third kappa shape index (κ3) is 3.65. The van der Waals surface area contributed by atoms with E-state index in [0.29, 0.717) is 0 Å². The molecule has 5 aromatic heterocycles. The molecule has 5 nitrogen and oxygen atoms in total. The van der Waals surface area contributed by atoms with Gasteiger partial charge in [0.25, 0.3) is 0 Å². The fraction of sp³-hybridized carbons (Fsp3) is 0. The van der Waals surface area contributed by atoms with Gasteiger partial charge in [-0.1, -0.05) is 54.6 Å². The SMILES string of the molecule is c1cncc(-n2c3ccc(-c4ccc(-c5cc6cccnc6c6ncccc56)cn4)cc3c3c4ccccc4ccc32)c1. The zero-order valence-corrected chi connectivity index (χ0v) is 23.0. The number of pyridine rings is 4. The maximum atomic E-state index is 4.97. The lowest BCUT2D eigenvalue weighted by atomic mass is 9.98. The molecule has 4 aromatic carbocycles. The van der Waals surface area contributed by atoms with E-state index < -0.39 is 0 Å². The van der Waals surface area contributed by atoms with Gasteiger partial charge in [0.2, 0.25) is 0 Å². The molecule has 9 aromatic rings. The number of fused-ring (bicyclic) bond motifs is 8. The predicted molar refractivity (Wildman–Crippen MR) is 175 cm³/mol. The summed E-state index contributed by atoms with van der Waals surface area (Å²) in [6.45, 7) is 0. The summed E-state index contributed by atoms with van der Waals surface area (Å²) in [5.74, 6) is 0. The van der Waals surface area contributed by atoms with Crippen molar-refractivity contribution in [2.24, 2.45) is 0 Å². The van der Waals surface area contributed by atoms with Crippen LogP contribution in [0.25, 0.3) is 82.5 Å². The maximum absolute atomic E-state index is 4.97. The Labute approximate surface area is 246 Å². The quantitative estimate of drug-likeness (QED) is 0.206. The van der Waals surface area contributed by atoms with Gasteiger partial charge in [-0.2, -0.15) is 0 Å². The highest BCUT2D eigenvalue weighted by molar-refractivity contribution is 6.21. The summed E-state index contributed by atoms with van der Waals surface area (Å²) in [7, 11) is 0. The van der Waals surface area contributed by atoms with E-state index in [1.54, 1.807) is 0 Å². The Bertz CT molecular complexity index is 2500. The second-order valence-electron chi connectivity index (χ2n) is 10.8. The second kappa shape index (κ2) is 9.29. The smallest absolute Gasteiger partial charge is 0.0970 e. The lowest BCUT2D eigenvalue weighted by molar-refractivity contribution is 1.14. The lowest BCUT2D eigenvalue weighted by Gasteiger charge is -2.10. The van der Waals surface area contributed by atoms with E-state index in [2.05, 4.69) is 111 Å². The van der Waals surface area contributed by atoms with Gasteiger partial charge in [-0.15, -0.1) is 0 Å². The summed E-state index contributed by atoms with van der Waals surface area (Å²) in [6, 6.07) is 38.3. The van der Waals surface area contributed by atoms with Gasteiger partial charge < -0.3 is 4.57 Å². The normalized spacial score (nSPS) is 11.7. The molecule has 0 fully saturated rings.